The maximum absolute atomic E-state index is 13.2. The van der Waals surface area contributed by atoms with E-state index < -0.39 is 28.4 Å². The molecular weight excluding hydrogens is 273 g/mol. The van der Waals surface area contributed by atoms with Gasteiger partial charge in [0.15, 0.2) is 0 Å². The zero-order chi connectivity index (χ0) is 14.6. The molecule has 0 radical (unpaired) electrons. The van der Waals surface area contributed by atoms with Crippen molar-refractivity contribution in [3.63, 3.8) is 0 Å². The number of rotatable bonds is 5. The second-order valence-corrected chi connectivity index (χ2v) is 5.91. The highest BCUT2D eigenvalue weighted by molar-refractivity contribution is 7.92. The minimum absolute atomic E-state index is 0.166. The maximum atomic E-state index is 13.2. The van der Waals surface area contributed by atoms with Crippen LogP contribution in [-0.2, 0) is 19.6 Å². The molecule has 0 aliphatic carbocycles. The van der Waals surface area contributed by atoms with Crippen molar-refractivity contribution in [3.05, 3.63) is 29.6 Å². The standard InChI is InChI=1S/C12H16FNO4S/c1-4-18-12(15)8-14(19(3,16)17)10-5-6-11(13)9(2)7-10/h5-7H,4,8H2,1-3H3. The summed E-state index contributed by atoms with van der Waals surface area (Å²) in [6.07, 6.45) is 0.977. The molecule has 0 fully saturated rings. The van der Waals surface area contributed by atoms with Gasteiger partial charge in [0.1, 0.15) is 12.4 Å². The van der Waals surface area contributed by atoms with Gasteiger partial charge in [-0.1, -0.05) is 0 Å². The van der Waals surface area contributed by atoms with Crippen LogP contribution in [0.25, 0.3) is 0 Å². The summed E-state index contributed by atoms with van der Waals surface area (Å²) >= 11 is 0. The van der Waals surface area contributed by atoms with Gasteiger partial charge in [-0.25, -0.2) is 12.8 Å². The largest absolute Gasteiger partial charge is 0.465 e. The number of benzene rings is 1. The second-order valence-electron chi connectivity index (χ2n) is 4.01. The molecule has 106 valence electrons. The number of esters is 1. The number of hydrogen-bond acceptors (Lipinski definition) is 4. The number of aryl methyl sites for hydroxylation is 1. The van der Waals surface area contributed by atoms with Gasteiger partial charge in [-0.3, -0.25) is 9.10 Å². The first-order valence-electron chi connectivity index (χ1n) is 5.65. The van der Waals surface area contributed by atoms with Crippen molar-refractivity contribution < 1.29 is 22.3 Å². The predicted molar refractivity (Wildman–Crippen MR) is 70.0 cm³/mol. The van der Waals surface area contributed by atoms with Crippen LogP contribution >= 0.6 is 0 Å². The summed E-state index contributed by atoms with van der Waals surface area (Å²) in [5.74, 6) is -1.09. The maximum Gasteiger partial charge on any atom is 0.326 e. The van der Waals surface area contributed by atoms with Crippen molar-refractivity contribution >= 4 is 21.7 Å². The van der Waals surface area contributed by atoms with Gasteiger partial charge in [0, 0.05) is 0 Å². The fourth-order valence-electron chi connectivity index (χ4n) is 1.51. The topological polar surface area (TPSA) is 63.7 Å². The van der Waals surface area contributed by atoms with Crippen LogP contribution in [-0.4, -0.2) is 33.8 Å². The molecule has 0 N–H and O–H groups in total. The van der Waals surface area contributed by atoms with E-state index in [1.165, 1.54) is 19.1 Å². The lowest BCUT2D eigenvalue weighted by Crippen LogP contribution is -2.35. The van der Waals surface area contributed by atoms with E-state index in [9.17, 15) is 17.6 Å². The van der Waals surface area contributed by atoms with Crippen LogP contribution in [0.1, 0.15) is 12.5 Å². The van der Waals surface area contributed by atoms with Crippen LogP contribution in [0.2, 0.25) is 0 Å². The third-order valence-electron chi connectivity index (χ3n) is 2.41. The molecule has 0 unspecified atom stereocenters. The molecule has 1 aromatic rings. The Kier molecular flexibility index (Phi) is 4.88. The van der Waals surface area contributed by atoms with E-state index in [1.54, 1.807) is 6.92 Å². The normalized spacial score (nSPS) is 11.2. The summed E-state index contributed by atoms with van der Waals surface area (Å²) < 4.78 is 42.2. The Bertz CT molecular complexity index is 571. The molecule has 0 aliphatic heterocycles. The van der Waals surface area contributed by atoms with Crippen LogP contribution < -0.4 is 4.31 Å². The van der Waals surface area contributed by atoms with Gasteiger partial charge in [0.2, 0.25) is 10.0 Å². The Labute approximate surface area is 112 Å². The number of nitrogens with zero attached hydrogens (tertiary/aromatic N) is 1. The van der Waals surface area contributed by atoms with Gasteiger partial charge in [0.25, 0.3) is 0 Å². The zero-order valence-corrected chi connectivity index (χ0v) is 11.8. The van der Waals surface area contributed by atoms with E-state index in [1.807, 2.05) is 0 Å². The van der Waals surface area contributed by atoms with Crippen molar-refractivity contribution in [1.82, 2.24) is 0 Å². The predicted octanol–water partition coefficient (Wildman–Crippen LogP) is 1.46. The average Bonchev–Trinajstić information content (AvgIpc) is 2.29. The van der Waals surface area contributed by atoms with E-state index in [-0.39, 0.29) is 12.3 Å². The molecule has 7 heteroatoms. The van der Waals surface area contributed by atoms with Gasteiger partial charge in [-0.15, -0.1) is 0 Å². The molecule has 0 aromatic heterocycles. The molecule has 0 bridgehead atoms. The van der Waals surface area contributed by atoms with E-state index in [0.717, 1.165) is 16.6 Å². The molecule has 0 saturated heterocycles. The molecule has 0 saturated carbocycles. The Morgan fingerprint density at radius 3 is 2.53 bits per heavy atom. The highest BCUT2D eigenvalue weighted by Gasteiger charge is 2.21. The number of sulfonamides is 1. The Morgan fingerprint density at radius 2 is 2.05 bits per heavy atom. The number of anilines is 1. The van der Waals surface area contributed by atoms with E-state index in [0.29, 0.717) is 5.56 Å². The van der Waals surface area contributed by atoms with E-state index in [4.69, 9.17) is 4.74 Å². The highest BCUT2D eigenvalue weighted by Crippen LogP contribution is 2.20. The van der Waals surface area contributed by atoms with Gasteiger partial charge >= 0.3 is 5.97 Å². The third kappa shape index (κ3) is 4.20. The van der Waals surface area contributed by atoms with Crippen molar-refractivity contribution in [2.24, 2.45) is 0 Å². The third-order valence-corrected chi connectivity index (χ3v) is 3.55. The van der Waals surface area contributed by atoms with Crippen LogP contribution in [0.3, 0.4) is 0 Å². The molecular formula is C12H16FNO4S. The van der Waals surface area contributed by atoms with Crippen LogP contribution in [0.5, 0.6) is 0 Å². The van der Waals surface area contributed by atoms with Gasteiger partial charge < -0.3 is 4.74 Å². The molecule has 0 atom stereocenters. The Balaban J connectivity index is 3.10. The van der Waals surface area contributed by atoms with Gasteiger partial charge in [-0.05, 0) is 37.6 Å². The first-order chi connectivity index (χ1) is 8.75. The van der Waals surface area contributed by atoms with Crippen molar-refractivity contribution in [3.8, 4) is 0 Å². The number of hydrogen-bond donors (Lipinski definition) is 0. The molecule has 1 aromatic carbocycles. The first-order valence-corrected chi connectivity index (χ1v) is 7.50. The number of carbonyl (C=O) groups excluding carboxylic acids is 1. The van der Waals surface area contributed by atoms with Crippen molar-refractivity contribution in [1.29, 1.82) is 0 Å². The highest BCUT2D eigenvalue weighted by atomic mass is 32.2. The lowest BCUT2D eigenvalue weighted by atomic mass is 10.2. The molecule has 19 heavy (non-hydrogen) atoms. The van der Waals surface area contributed by atoms with Crippen molar-refractivity contribution in [2.45, 2.75) is 13.8 Å². The lowest BCUT2D eigenvalue weighted by molar-refractivity contribution is -0.141. The van der Waals surface area contributed by atoms with Crippen LogP contribution in [0.15, 0.2) is 18.2 Å². The zero-order valence-electron chi connectivity index (χ0n) is 11.0. The summed E-state index contributed by atoms with van der Waals surface area (Å²) in [7, 11) is -3.65. The first kappa shape index (κ1) is 15.4. The number of halogens is 1. The summed E-state index contributed by atoms with van der Waals surface area (Å²) in [5.41, 5.74) is 0.532. The molecule has 0 spiro atoms. The number of carbonyl (C=O) groups is 1. The van der Waals surface area contributed by atoms with Crippen LogP contribution in [0.4, 0.5) is 10.1 Å². The summed E-state index contributed by atoms with van der Waals surface area (Å²) in [4.78, 5) is 11.4. The summed E-state index contributed by atoms with van der Waals surface area (Å²) in [5, 5.41) is 0. The second kappa shape index (κ2) is 6.01. The monoisotopic (exact) mass is 289 g/mol. The number of ether oxygens (including phenoxy) is 1. The SMILES string of the molecule is CCOC(=O)CN(c1ccc(F)c(C)c1)S(C)(=O)=O. The molecule has 0 heterocycles. The summed E-state index contributed by atoms with van der Waals surface area (Å²) in [6, 6.07) is 3.84. The smallest absolute Gasteiger partial charge is 0.326 e. The van der Waals surface area contributed by atoms with E-state index in [2.05, 4.69) is 0 Å². The quantitative estimate of drug-likeness (QED) is 0.770. The Morgan fingerprint density at radius 1 is 1.42 bits per heavy atom. The van der Waals surface area contributed by atoms with Gasteiger partial charge in [0.05, 0.1) is 18.6 Å². The lowest BCUT2D eigenvalue weighted by Gasteiger charge is -2.21. The average molecular weight is 289 g/mol. The minimum Gasteiger partial charge on any atom is -0.465 e. The van der Waals surface area contributed by atoms with Crippen molar-refractivity contribution in [2.75, 3.05) is 23.7 Å². The fourth-order valence-corrected chi connectivity index (χ4v) is 2.34. The Hall–Kier alpha value is -1.63. The minimum atomic E-state index is -3.65. The molecule has 5 nitrogen and oxygen atoms in total. The molecule has 0 amide bonds. The fraction of sp³-hybridized carbons (Fsp3) is 0.417. The molecule has 1 rings (SSSR count). The van der Waals surface area contributed by atoms with E-state index >= 15 is 0 Å². The molecule has 0 aliphatic rings. The van der Waals surface area contributed by atoms with Crippen LogP contribution in [0, 0.1) is 12.7 Å². The van der Waals surface area contributed by atoms with Gasteiger partial charge in [-0.2, -0.15) is 0 Å². The summed E-state index contributed by atoms with van der Waals surface area (Å²) in [6.45, 7) is 2.88.